The number of hydrogen-bond donors (Lipinski definition) is 2. The molecule has 5 nitrogen and oxygen atoms in total. The summed E-state index contributed by atoms with van der Waals surface area (Å²) < 4.78 is 11.4. The lowest BCUT2D eigenvalue weighted by Gasteiger charge is -2.25. The number of nitrogens with two attached hydrogens (primary N) is 1. The molecular weight excluding hydrogens is 256 g/mol. The Morgan fingerprint density at radius 3 is 3.00 bits per heavy atom. The number of carbonyl (C=O) groups excluding carboxylic acids is 1. The van der Waals surface area contributed by atoms with Crippen LogP contribution in [-0.2, 0) is 0 Å². The second-order valence-electron chi connectivity index (χ2n) is 4.89. The highest BCUT2D eigenvalue weighted by atomic mass is 16.5. The van der Waals surface area contributed by atoms with E-state index in [1.54, 1.807) is 13.2 Å². The van der Waals surface area contributed by atoms with Crippen molar-refractivity contribution < 1.29 is 14.3 Å². The summed E-state index contributed by atoms with van der Waals surface area (Å²) in [5.41, 5.74) is 5.99. The van der Waals surface area contributed by atoms with Crippen LogP contribution in [0.5, 0.6) is 11.5 Å². The Balaban J connectivity index is 2.19. The summed E-state index contributed by atoms with van der Waals surface area (Å²) >= 11 is 0. The molecule has 1 aliphatic heterocycles. The minimum Gasteiger partial charge on any atom is -0.492 e. The van der Waals surface area contributed by atoms with Crippen LogP contribution >= 0.6 is 0 Å². The lowest BCUT2D eigenvalue weighted by atomic mass is 10.1. The van der Waals surface area contributed by atoms with Gasteiger partial charge in [-0.1, -0.05) is 6.07 Å². The third-order valence-corrected chi connectivity index (χ3v) is 3.40. The lowest BCUT2D eigenvalue weighted by molar-refractivity contribution is 0.0980. The van der Waals surface area contributed by atoms with Gasteiger partial charge >= 0.3 is 0 Å². The number of methoxy groups -OCH3 is 1. The summed E-state index contributed by atoms with van der Waals surface area (Å²) in [5.74, 6) is 1.12. The first kappa shape index (κ1) is 14.8. The van der Waals surface area contributed by atoms with Gasteiger partial charge in [0.1, 0.15) is 6.10 Å². The number of ketones is 1. The van der Waals surface area contributed by atoms with Gasteiger partial charge in [-0.05, 0) is 38.1 Å². The zero-order chi connectivity index (χ0) is 14.4. The maximum atomic E-state index is 12.0. The highest BCUT2D eigenvalue weighted by Crippen LogP contribution is 2.33. The van der Waals surface area contributed by atoms with Crippen LogP contribution in [0.4, 0.5) is 0 Å². The van der Waals surface area contributed by atoms with Gasteiger partial charge in [-0.2, -0.15) is 0 Å². The van der Waals surface area contributed by atoms with Crippen LogP contribution < -0.4 is 20.5 Å². The van der Waals surface area contributed by atoms with Gasteiger partial charge < -0.3 is 20.5 Å². The summed E-state index contributed by atoms with van der Waals surface area (Å²) in [6, 6.07) is 5.41. The Kier molecular flexibility index (Phi) is 5.38. The van der Waals surface area contributed by atoms with E-state index in [9.17, 15) is 4.79 Å². The van der Waals surface area contributed by atoms with E-state index < -0.39 is 0 Å². The third-order valence-electron chi connectivity index (χ3n) is 3.40. The van der Waals surface area contributed by atoms with E-state index in [-0.39, 0.29) is 11.9 Å². The maximum absolute atomic E-state index is 12.0. The summed E-state index contributed by atoms with van der Waals surface area (Å²) in [6.07, 6.45) is 2.54. The van der Waals surface area contributed by atoms with Crippen LogP contribution in [-0.4, -0.2) is 38.6 Å². The number of nitrogens with one attached hydrogen (secondary N) is 1. The van der Waals surface area contributed by atoms with Crippen LogP contribution in [0.15, 0.2) is 18.2 Å². The van der Waals surface area contributed by atoms with E-state index in [4.69, 9.17) is 15.2 Å². The largest absolute Gasteiger partial charge is 0.492 e. The fraction of sp³-hybridized carbons (Fsp3) is 0.533. The number of carbonyl (C=O) groups is 1. The molecule has 1 unspecified atom stereocenters. The molecule has 5 heteroatoms. The summed E-state index contributed by atoms with van der Waals surface area (Å²) in [7, 11) is 1.56. The van der Waals surface area contributed by atoms with Crippen LogP contribution in [0, 0.1) is 0 Å². The number of hydrogen-bond acceptors (Lipinski definition) is 5. The van der Waals surface area contributed by atoms with Crippen LogP contribution in [0.2, 0.25) is 0 Å². The molecule has 2 rings (SSSR count). The summed E-state index contributed by atoms with van der Waals surface area (Å²) in [4.78, 5) is 12.0. The predicted octanol–water partition coefficient (Wildman–Crippen LogP) is 1.36. The molecule has 0 radical (unpaired) electrons. The summed E-state index contributed by atoms with van der Waals surface area (Å²) in [5, 5.41) is 3.30. The SMILES string of the molecule is COc1c(OC2CCCNC2)cccc1C(=O)CCN. The van der Waals surface area contributed by atoms with Gasteiger partial charge in [-0.15, -0.1) is 0 Å². The monoisotopic (exact) mass is 278 g/mol. The van der Waals surface area contributed by atoms with Gasteiger partial charge in [0.15, 0.2) is 17.3 Å². The molecule has 0 amide bonds. The van der Waals surface area contributed by atoms with Gasteiger partial charge in [0.25, 0.3) is 0 Å². The molecule has 0 saturated carbocycles. The highest BCUT2D eigenvalue weighted by Gasteiger charge is 2.20. The quantitative estimate of drug-likeness (QED) is 0.769. The normalized spacial score (nSPS) is 18.6. The molecule has 0 aliphatic carbocycles. The lowest BCUT2D eigenvalue weighted by Crippen LogP contribution is -2.37. The average molecular weight is 278 g/mol. The van der Waals surface area contributed by atoms with Crippen molar-refractivity contribution in [2.75, 3.05) is 26.7 Å². The molecule has 110 valence electrons. The Bertz CT molecular complexity index is 456. The number of benzene rings is 1. The van der Waals surface area contributed by atoms with Crippen molar-refractivity contribution in [2.24, 2.45) is 5.73 Å². The molecular formula is C15H22N2O3. The first-order valence-corrected chi connectivity index (χ1v) is 7.04. The molecule has 1 fully saturated rings. The van der Waals surface area contributed by atoms with Crippen molar-refractivity contribution in [1.82, 2.24) is 5.32 Å². The zero-order valence-corrected chi connectivity index (χ0v) is 11.9. The van der Waals surface area contributed by atoms with E-state index >= 15 is 0 Å². The third kappa shape index (κ3) is 3.49. The number of rotatable bonds is 6. The van der Waals surface area contributed by atoms with E-state index in [2.05, 4.69) is 5.32 Å². The number of piperidine rings is 1. The Hall–Kier alpha value is -1.59. The highest BCUT2D eigenvalue weighted by molar-refractivity contribution is 5.99. The smallest absolute Gasteiger partial charge is 0.171 e. The number of Topliss-reactive ketones (excluding diaryl/α,β-unsaturated/α-hetero) is 1. The molecule has 0 spiro atoms. The van der Waals surface area contributed by atoms with Gasteiger partial charge in [0.05, 0.1) is 12.7 Å². The topological polar surface area (TPSA) is 73.6 Å². The molecule has 20 heavy (non-hydrogen) atoms. The molecule has 0 bridgehead atoms. The van der Waals surface area contributed by atoms with Crippen LogP contribution in [0.1, 0.15) is 29.6 Å². The molecule has 3 N–H and O–H groups in total. The van der Waals surface area contributed by atoms with Gasteiger partial charge in [0, 0.05) is 13.0 Å². The van der Waals surface area contributed by atoms with Crippen LogP contribution in [0.25, 0.3) is 0 Å². The van der Waals surface area contributed by atoms with Crippen molar-refractivity contribution in [2.45, 2.75) is 25.4 Å². The minimum absolute atomic E-state index is 0.0171. The van der Waals surface area contributed by atoms with E-state index in [0.29, 0.717) is 30.0 Å². The van der Waals surface area contributed by atoms with Crippen molar-refractivity contribution in [3.63, 3.8) is 0 Å². The van der Waals surface area contributed by atoms with Crippen molar-refractivity contribution >= 4 is 5.78 Å². The first-order chi connectivity index (χ1) is 9.76. The van der Waals surface area contributed by atoms with Crippen molar-refractivity contribution in [3.8, 4) is 11.5 Å². The average Bonchev–Trinajstić information content (AvgIpc) is 2.48. The fourth-order valence-electron chi connectivity index (χ4n) is 2.40. The van der Waals surface area contributed by atoms with E-state index in [1.807, 2.05) is 12.1 Å². The summed E-state index contributed by atoms with van der Waals surface area (Å²) in [6.45, 7) is 2.19. The van der Waals surface area contributed by atoms with Crippen LogP contribution in [0.3, 0.4) is 0 Å². The maximum Gasteiger partial charge on any atom is 0.171 e. The fourth-order valence-corrected chi connectivity index (χ4v) is 2.40. The molecule has 0 aromatic heterocycles. The van der Waals surface area contributed by atoms with Crippen molar-refractivity contribution in [1.29, 1.82) is 0 Å². The Morgan fingerprint density at radius 2 is 2.35 bits per heavy atom. The molecule has 1 heterocycles. The first-order valence-electron chi connectivity index (χ1n) is 7.04. The van der Waals surface area contributed by atoms with Gasteiger partial charge in [-0.3, -0.25) is 4.79 Å². The predicted molar refractivity (Wildman–Crippen MR) is 77.5 cm³/mol. The standard InChI is InChI=1S/C15H22N2O3/c1-19-15-12(13(18)7-8-16)5-2-6-14(15)20-11-4-3-9-17-10-11/h2,5-6,11,17H,3-4,7-10,16H2,1H3. The van der Waals surface area contributed by atoms with Gasteiger partial charge in [0.2, 0.25) is 0 Å². The van der Waals surface area contributed by atoms with E-state index in [1.165, 1.54) is 0 Å². The Morgan fingerprint density at radius 1 is 1.50 bits per heavy atom. The minimum atomic E-state index is -0.0171. The van der Waals surface area contributed by atoms with E-state index in [0.717, 1.165) is 25.9 Å². The second kappa shape index (κ2) is 7.26. The number of para-hydroxylation sites is 1. The Labute approximate surface area is 119 Å². The molecule has 1 aromatic carbocycles. The zero-order valence-electron chi connectivity index (χ0n) is 11.9. The molecule has 1 atom stereocenters. The molecule has 1 aromatic rings. The molecule has 1 saturated heterocycles. The number of ether oxygens (including phenoxy) is 2. The van der Waals surface area contributed by atoms with Gasteiger partial charge in [-0.25, -0.2) is 0 Å². The second-order valence-corrected chi connectivity index (χ2v) is 4.89. The van der Waals surface area contributed by atoms with Crippen molar-refractivity contribution in [3.05, 3.63) is 23.8 Å². The molecule has 1 aliphatic rings.